The van der Waals surface area contributed by atoms with E-state index in [0.29, 0.717) is 11.6 Å². The van der Waals surface area contributed by atoms with Gasteiger partial charge in [-0.25, -0.2) is 0 Å². The zero-order valence-corrected chi connectivity index (χ0v) is 15.4. The number of unbranched alkanes of at least 4 members (excludes halogenated alkanes) is 3. The highest BCUT2D eigenvalue weighted by Gasteiger charge is 2.20. The van der Waals surface area contributed by atoms with Gasteiger partial charge in [-0.05, 0) is 38.8 Å². The van der Waals surface area contributed by atoms with Gasteiger partial charge < -0.3 is 10.3 Å². The van der Waals surface area contributed by atoms with Gasteiger partial charge in [0.2, 0.25) is 0 Å². The minimum absolute atomic E-state index is 0.349. The van der Waals surface area contributed by atoms with Crippen LogP contribution in [0.4, 0.5) is 0 Å². The molecule has 0 saturated heterocycles. The summed E-state index contributed by atoms with van der Waals surface area (Å²) in [4.78, 5) is 11.8. The van der Waals surface area contributed by atoms with Crippen molar-refractivity contribution in [1.82, 2.24) is 4.57 Å². The summed E-state index contributed by atoms with van der Waals surface area (Å²) < 4.78 is 2.29. The lowest BCUT2D eigenvalue weighted by Crippen LogP contribution is -2.14. The molecule has 0 aliphatic rings. The van der Waals surface area contributed by atoms with Crippen molar-refractivity contribution in [3.8, 4) is 11.3 Å². The number of hydrogen-bond acceptors (Lipinski definition) is 1. The van der Waals surface area contributed by atoms with E-state index in [1.54, 1.807) is 0 Å². The molecule has 2 N–H and O–H groups in total. The van der Waals surface area contributed by atoms with Crippen molar-refractivity contribution in [3.63, 3.8) is 0 Å². The molecular weight excluding hydrogens is 296 g/mol. The second-order valence-electron chi connectivity index (χ2n) is 6.83. The number of amides is 1. The SMILES string of the molecule is CCCCCCC(C)n1c(-c2ccc(C)cc2)cc(C(N)=O)c1C. The zero-order valence-electron chi connectivity index (χ0n) is 15.4. The second kappa shape index (κ2) is 8.18. The average Bonchev–Trinajstić information content (AvgIpc) is 2.90. The predicted octanol–water partition coefficient (Wildman–Crippen LogP) is 5.40. The van der Waals surface area contributed by atoms with Crippen LogP contribution in [-0.2, 0) is 0 Å². The number of nitrogens with zero attached hydrogens (tertiary/aromatic N) is 1. The third-order valence-corrected chi connectivity index (χ3v) is 4.82. The number of hydrogen-bond donors (Lipinski definition) is 1. The molecule has 1 aromatic heterocycles. The number of aromatic nitrogens is 1. The van der Waals surface area contributed by atoms with Crippen molar-refractivity contribution in [2.45, 2.75) is 65.8 Å². The van der Waals surface area contributed by atoms with E-state index in [1.807, 2.05) is 13.0 Å². The Morgan fingerprint density at radius 2 is 1.79 bits per heavy atom. The first-order valence-electron chi connectivity index (χ1n) is 9.04. The van der Waals surface area contributed by atoms with E-state index in [9.17, 15) is 4.79 Å². The van der Waals surface area contributed by atoms with Gasteiger partial charge in [0.05, 0.1) is 5.56 Å². The molecule has 0 radical (unpaired) electrons. The van der Waals surface area contributed by atoms with E-state index in [1.165, 1.54) is 31.2 Å². The number of carbonyl (C=O) groups excluding carboxylic acids is 1. The number of primary amides is 1. The highest BCUT2D eigenvalue weighted by atomic mass is 16.1. The molecule has 0 aliphatic carbocycles. The first-order valence-corrected chi connectivity index (χ1v) is 9.04. The van der Waals surface area contributed by atoms with E-state index in [0.717, 1.165) is 23.4 Å². The molecule has 2 rings (SSSR count). The summed E-state index contributed by atoms with van der Waals surface area (Å²) in [6.07, 6.45) is 6.13. The summed E-state index contributed by atoms with van der Waals surface area (Å²) in [5.74, 6) is -0.349. The molecule has 24 heavy (non-hydrogen) atoms. The molecule has 0 bridgehead atoms. The molecule has 1 unspecified atom stereocenters. The number of rotatable bonds is 8. The van der Waals surface area contributed by atoms with Crippen molar-refractivity contribution in [2.75, 3.05) is 0 Å². The quantitative estimate of drug-likeness (QED) is 0.648. The third kappa shape index (κ3) is 4.08. The van der Waals surface area contributed by atoms with Gasteiger partial charge >= 0.3 is 0 Å². The van der Waals surface area contributed by atoms with Crippen LogP contribution in [-0.4, -0.2) is 10.5 Å². The Morgan fingerprint density at radius 1 is 1.12 bits per heavy atom. The summed E-state index contributed by atoms with van der Waals surface area (Å²) in [7, 11) is 0. The van der Waals surface area contributed by atoms with Crippen molar-refractivity contribution in [3.05, 3.63) is 47.2 Å². The van der Waals surface area contributed by atoms with Crippen LogP contribution in [0.5, 0.6) is 0 Å². The van der Waals surface area contributed by atoms with Gasteiger partial charge in [-0.1, -0.05) is 62.4 Å². The van der Waals surface area contributed by atoms with Crippen LogP contribution in [0.3, 0.4) is 0 Å². The van der Waals surface area contributed by atoms with Crippen LogP contribution in [0, 0.1) is 13.8 Å². The van der Waals surface area contributed by atoms with Gasteiger partial charge in [-0.2, -0.15) is 0 Å². The highest BCUT2D eigenvalue weighted by Crippen LogP contribution is 2.31. The third-order valence-electron chi connectivity index (χ3n) is 4.82. The smallest absolute Gasteiger partial charge is 0.250 e. The Labute approximate surface area is 145 Å². The Bertz CT molecular complexity index is 683. The number of carbonyl (C=O) groups is 1. The predicted molar refractivity (Wildman–Crippen MR) is 101 cm³/mol. The van der Waals surface area contributed by atoms with E-state index >= 15 is 0 Å². The van der Waals surface area contributed by atoms with Crippen LogP contribution in [0.25, 0.3) is 11.3 Å². The van der Waals surface area contributed by atoms with E-state index in [-0.39, 0.29) is 5.91 Å². The fourth-order valence-electron chi connectivity index (χ4n) is 3.38. The molecule has 0 saturated carbocycles. The van der Waals surface area contributed by atoms with Crippen molar-refractivity contribution < 1.29 is 4.79 Å². The summed E-state index contributed by atoms with van der Waals surface area (Å²) >= 11 is 0. The Kier molecular flexibility index (Phi) is 6.24. The molecule has 1 atom stereocenters. The lowest BCUT2D eigenvalue weighted by Gasteiger charge is -2.20. The molecule has 0 aliphatic heterocycles. The first kappa shape index (κ1) is 18.3. The number of nitrogens with two attached hydrogens (primary N) is 1. The molecule has 1 heterocycles. The Morgan fingerprint density at radius 3 is 2.38 bits per heavy atom. The normalized spacial score (nSPS) is 12.3. The van der Waals surface area contributed by atoms with Crippen molar-refractivity contribution in [1.29, 1.82) is 0 Å². The van der Waals surface area contributed by atoms with E-state index in [4.69, 9.17) is 5.73 Å². The molecule has 0 spiro atoms. The van der Waals surface area contributed by atoms with Gasteiger partial charge in [-0.15, -0.1) is 0 Å². The monoisotopic (exact) mass is 326 g/mol. The average molecular weight is 326 g/mol. The van der Waals surface area contributed by atoms with Gasteiger partial charge in [-0.3, -0.25) is 4.79 Å². The lowest BCUT2D eigenvalue weighted by molar-refractivity contribution is 0.0999. The minimum Gasteiger partial charge on any atom is -0.366 e. The molecule has 1 amide bonds. The first-order chi connectivity index (χ1) is 11.5. The largest absolute Gasteiger partial charge is 0.366 e. The van der Waals surface area contributed by atoms with Gasteiger partial charge in [0.25, 0.3) is 5.91 Å². The maximum atomic E-state index is 11.8. The molecular formula is C21H30N2O. The van der Waals surface area contributed by atoms with Gasteiger partial charge in [0.1, 0.15) is 0 Å². The summed E-state index contributed by atoms with van der Waals surface area (Å²) in [5.41, 5.74) is 10.6. The fourth-order valence-corrected chi connectivity index (χ4v) is 3.38. The topological polar surface area (TPSA) is 48.0 Å². The van der Waals surface area contributed by atoms with Crippen LogP contribution in [0.2, 0.25) is 0 Å². The standard InChI is InChI=1S/C21H30N2O/c1-5-6-7-8-9-16(3)23-17(4)19(21(22)24)14-20(23)18-12-10-15(2)11-13-18/h10-14,16H,5-9H2,1-4H3,(H2,22,24). The number of aryl methyl sites for hydroxylation is 1. The fraction of sp³-hybridized carbons (Fsp3) is 0.476. The Hall–Kier alpha value is -2.03. The molecule has 0 fully saturated rings. The van der Waals surface area contributed by atoms with Crippen LogP contribution >= 0.6 is 0 Å². The summed E-state index contributed by atoms with van der Waals surface area (Å²) in [5, 5.41) is 0. The molecule has 1 aromatic carbocycles. The summed E-state index contributed by atoms with van der Waals surface area (Å²) in [6, 6.07) is 10.8. The van der Waals surface area contributed by atoms with Crippen LogP contribution in [0.1, 0.15) is 73.6 Å². The van der Waals surface area contributed by atoms with Gasteiger partial charge in [0, 0.05) is 17.4 Å². The molecule has 3 nitrogen and oxygen atoms in total. The molecule has 2 aromatic rings. The molecule has 130 valence electrons. The van der Waals surface area contributed by atoms with Crippen LogP contribution in [0.15, 0.2) is 30.3 Å². The van der Waals surface area contributed by atoms with Crippen molar-refractivity contribution in [2.24, 2.45) is 5.73 Å². The van der Waals surface area contributed by atoms with Crippen molar-refractivity contribution >= 4 is 5.91 Å². The summed E-state index contributed by atoms with van der Waals surface area (Å²) in [6.45, 7) is 8.55. The lowest BCUT2D eigenvalue weighted by atomic mass is 10.1. The highest BCUT2D eigenvalue weighted by molar-refractivity contribution is 5.95. The molecule has 3 heteroatoms. The van der Waals surface area contributed by atoms with Crippen LogP contribution < -0.4 is 5.73 Å². The van der Waals surface area contributed by atoms with E-state index < -0.39 is 0 Å². The minimum atomic E-state index is -0.349. The zero-order chi connectivity index (χ0) is 17.7. The van der Waals surface area contributed by atoms with Gasteiger partial charge in [0.15, 0.2) is 0 Å². The second-order valence-corrected chi connectivity index (χ2v) is 6.83. The number of benzene rings is 1. The maximum Gasteiger partial charge on any atom is 0.250 e. The Balaban J connectivity index is 2.36. The maximum absolute atomic E-state index is 11.8. The van der Waals surface area contributed by atoms with E-state index in [2.05, 4.69) is 49.6 Å².